The van der Waals surface area contributed by atoms with Crippen LogP contribution in [0.15, 0.2) is 66.9 Å². The zero-order chi connectivity index (χ0) is 24.9. The predicted octanol–water partition coefficient (Wildman–Crippen LogP) is 7.12. The zero-order valence-corrected chi connectivity index (χ0v) is 20.7. The predicted molar refractivity (Wildman–Crippen MR) is 140 cm³/mol. The molecule has 0 spiro atoms. The number of carboxylic acids is 1. The number of hydrogen-bond donors (Lipinski definition) is 2. The van der Waals surface area contributed by atoms with Gasteiger partial charge in [0.05, 0.1) is 16.3 Å². The van der Waals surface area contributed by atoms with Crippen molar-refractivity contribution in [2.75, 3.05) is 5.73 Å². The number of carboxylic acid groups (broad SMARTS) is 1. The average Bonchev–Trinajstić information content (AvgIpc) is 3.24. The first-order valence-electron chi connectivity index (χ1n) is 11.2. The Hall–Kier alpha value is -3.48. The fourth-order valence-corrected chi connectivity index (χ4v) is 4.35. The Bertz CT molecular complexity index is 1350. The lowest BCUT2D eigenvalue weighted by Gasteiger charge is -2.09. The molecule has 6 nitrogen and oxygen atoms in total. The SMILES string of the molecule is CCn1cc(-c2ccc(Cl)cc2Cl)nc1CCCc1ccc(Oc2ccc(N)c(C(=O)O)c2)cc1. The number of imidazole rings is 1. The van der Waals surface area contributed by atoms with Crippen LogP contribution in [0.2, 0.25) is 10.0 Å². The smallest absolute Gasteiger partial charge is 0.337 e. The summed E-state index contributed by atoms with van der Waals surface area (Å²) in [5.41, 5.74) is 8.82. The minimum absolute atomic E-state index is 0.0195. The molecule has 3 aromatic carbocycles. The largest absolute Gasteiger partial charge is 0.478 e. The molecule has 0 aliphatic carbocycles. The van der Waals surface area contributed by atoms with Crippen LogP contribution in [0.25, 0.3) is 11.3 Å². The minimum atomic E-state index is -1.09. The Morgan fingerprint density at radius 1 is 1.03 bits per heavy atom. The average molecular weight is 510 g/mol. The highest BCUT2D eigenvalue weighted by atomic mass is 35.5. The topological polar surface area (TPSA) is 90.4 Å². The van der Waals surface area contributed by atoms with E-state index in [4.69, 9.17) is 38.7 Å². The quantitative estimate of drug-likeness (QED) is 0.234. The molecule has 0 fully saturated rings. The van der Waals surface area contributed by atoms with Gasteiger partial charge in [-0.2, -0.15) is 0 Å². The van der Waals surface area contributed by atoms with Gasteiger partial charge >= 0.3 is 5.97 Å². The second-order valence-electron chi connectivity index (χ2n) is 8.11. The van der Waals surface area contributed by atoms with Gasteiger partial charge in [-0.15, -0.1) is 0 Å². The van der Waals surface area contributed by atoms with Crippen LogP contribution in [0, 0.1) is 0 Å². The molecule has 0 aliphatic rings. The van der Waals surface area contributed by atoms with Gasteiger partial charge in [-0.1, -0.05) is 35.3 Å². The van der Waals surface area contributed by atoms with E-state index in [1.54, 1.807) is 12.1 Å². The summed E-state index contributed by atoms with van der Waals surface area (Å²) in [6.07, 6.45) is 4.69. The number of anilines is 1. The second kappa shape index (κ2) is 10.8. The number of nitrogen functional groups attached to an aromatic ring is 1. The molecule has 0 radical (unpaired) electrons. The number of aromatic nitrogens is 2. The molecule has 1 aromatic heterocycles. The highest BCUT2D eigenvalue weighted by Crippen LogP contribution is 2.30. The highest BCUT2D eigenvalue weighted by molar-refractivity contribution is 6.36. The molecule has 0 unspecified atom stereocenters. The third-order valence-corrected chi connectivity index (χ3v) is 6.23. The van der Waals surface area contributed by atoms with Crippen LogP contribution in [0.4, 0.5) is 5.69 Å². The van der Waals surface area contributed by atoms with E-state index in [-0.39, 0.29) is 11.3 Å². The van der Waals surface area contributed by atoms with Gasteiger partial charge in [0.2, 0.25) is 0 Å². The van der Waals surface area contributed by atoms with Crippen molar-refractivity contribution >= 4 is 34.9 Å². The fourth-order valence-electron chi connectivity index (χ4n) is 3.85. The lowest BCUT2D eigenvalue weighted by molar-refractivity contribution is 0.0697. The number of benzene rings is 3. The molecule has 0 atom stereocenters. The number of nitrogens with two attached hydrogens (primary N) is 1. The van der Waals surface area contributed by atoms with Gasteiger partial charge in [-0.25, -0.2) is 9.78 Å². The normalized spacial score (nSPS) is 10.9. The molecular formula is C27H25Cl2N3O3. The van der Waals surface area contributed by atoms with Crippen molar-refractivity contribution < 1.29 is 14.6 Å². The summed E-state index contributed by atoms with van der Waals surface area (Å²) < 4.78 is 7.94. The monoisotopic (exact) mass is 509 g/mol. The van der Waals surface area contributed by atoms with Crippen molar-refractivity contribution in [1.82, 2.24) is 9.55 Å². The van der Waals surface area contributed by atoms with Gasteiger partial charge in [0.25, 0.3) is 0 Å². The van der Waals surface area contributed by atoms with Crippen LogP contribution >= 0.6 is 23.2 Å². The Morgan fingerprint density at radius 3 is 2.46 bits per heavy atom. The van der Waals surface area contributed by atoms with Crippen LogP contribution in [0.1, 0.15) is 35.1 Å². The summed E-state index contributed by atoms with van der Waals surface area (Å²) >= 11 is 12.4. The van der Waals surface area contributed by atoms with Crippen LogP contribution in [0.5, 0.6) is 11.5 Å². The highest BCUT2D eigenvalue weighted by Gasteiger charge is 2.13. The Kier molecular flexibility index (Phi) is 7.63. The molecule has 35 heavy (non-hydrogen) atoms. The molecule has 1 heterocycles. The Morgan fingerprint density at radius 2 is 1.77 bits per heavy atom. The molecule has 0 bridgehead atoms. The third-order valence-electron chi connectivity index (χ3n) is 5.69. The van der Waals surface area contributed by atoms with Gasteiger partial charge in [-0.3, -0.25) is 0 Å². The van der Waals surface area contributed by atoms with E-state index in [1.165, 1.54) is 17.7 Å². The van der Waals surface area contributed by atoms with E-state index in [2.05, 4.69) is 11.5 Å². The summed E-state index contributed by atoms with van der Waals surface area (Å²) in [4.78, 5) is 16.1. The molecular weight excluding hydrogens is 485 g/mol. The number of rotatable bonds is 9. The second-order valence-corrected chi connectivity index (χ2v) is 8.95. The zero-order valence-electron chi connectivity index (χ0n) is 19.2. The summed E-state index contributed by atoms with van der Waals surface area (Å²) in [6, 6.07) is 17.8. The lowest BCUT2D eigenvalue weighted by Crippen LogP contribution is -2.02. The first kappa shape index (κ1) is 24.6. The first-order valence-corrected chi connectivity index (χ1v) is 12.0. The number of hydrogen-bond acceptors (Lipinski definition) is 4. The Labute approximate surface area is 213 Å². The van der Waals surface area contributed by atoms with Gasteiger partial charge in [-0.05, 0) is 73.9 Å². The summed E-state index contributed by atoms with van der Waals surface area (Å²) in [5.74, 6) is 0.981. The molecule has 180 valence electrons. The minimum Gasteiger partial charge on any atom is -0.478 e. The van der Waals surface area contributed by atoms with E-state index in [0.717, 1.165) is 42.9 Å². The van der Waals surface area contributed by atoms with Crippen molar-refractivity contribution in [3.63, 3.8) is 0 Å². The lowest BCUT2D eigenvalue weighted by atomic mass is 10.1. The molecule has 0 saturated carbocycles. The number of ether oxygens (including phenoxy) is 1. The maximum atomic E-state index is 11.3. The number of carbonyl (C=O) groups is 1. The molecule has 4 aromatic rings. The van der Waals surface area contributed by atoms with E-state index >= 15 is 0 Å². The van der Waals surface area contributed by atoms with Crippen LogP contribution < -0.4 is 10.5 Å². The maximum Gasteiger partial charge on any atom is 0.337 e. The van der Waals surface area contributed by atoms with E-state index < -0.39 is 5.97 Å². The number of halogens is 2. The third kappa shape index (κ3) is 5.96. The maximum absolute atomic E-state index is 11.3. The van der Waals surface area contributed by atoms with Gasteiger partial charge in [0.1, 0.15) is 17.3 Å². The van der Waals surface area contributed by atoms with Crippen molar-refractivity contribution in [3.8, 4) is 22.8 Å². The van der Waals surface area contributed by atoms with Crippen molar-refractivity contribution in [2.45, 2.75) is 32.7 Å². The van der Waals surface area contributed by atoms with Crippen LogP contribution in [-0.2, 0) is 19.4 Å². The molecule has 8 heteroatoms. The van der Waals surface area contributed by atoms with Crippen molar-refractivity contribution in [1.29, 1.82) is 0 Å². The number of nitrogens with zero attached hydrogens (tertiary/aromatic N) is 2. The Balaban J connectivity index is 1.37. The van der Waals surface area contributed by atoms with Gasteiger partial charge in [0, 0.05) is 35.4 Å². The van der Waals surface area contributed by atoms with Gasteiger partial charge in [0.15, 0.2) is 0 Å². The van der Waals surface area contributed by atoms with Gasteiger partial charge < -0.3 is 20.1 Å². The molecule has 4 rings (SSSR count). The number of aromatic carboxylic acids is 1. The molecule has 0 aliphatic heterocycles. The molecule has 0 amide bonds. The molecule has 0 saturated heterocycles. The van der Waals surface area contributed by atoms with Crippen LogP contribution in [-0.4, -0.2) is 20.6 Å². The van der Waals surface area contributed by atoms with Crippen LogP contribution in [0.3, 0.4) is 0 Å². The summed E-state index contributed by atoms with van der Waals surface area (Å²) in [6.45, 7) is 2.92. The first-order chi connectivity index (χ1) is 16.8. The number of aryl methyl sites for hydroxylation is 3. The van der Waals surface area contributed by atoms with Crippen molar-refractivity contribution in [2.24, 2.45) is 0 Å². The van der Waals surface area contributed by atoms with E-state index in [9.17, 15) is 9.90 Å². The standard InChI is InChI=1S/C27H25Cl2N3O3/c1-2-32-16-25(21-12-8-18(28)14-23(21)29)31-26(32)5-3-4-17-6-9-19(10-7-17)35-20-11-13-24(30)22(15-20)27(33)34/h6-16H,2-5,30H2,1H3,(H,33,34). The molecule has 3 N–H and O–H groups in total. The van der Waals surface area contributed by atoms with E-state index in [1.807, 2.05) is 42.6 Å². The van der Waals surface area contributed by atoms with Crippen molar-refractivity contribution in [3.05, 3.63) is 93.9 Å². The van der Waals surface area contributed by atoms with E-state index in [0.29, 0.717) is 21.5 Å². The summed E-state index contributed by atoms with van der Waals surface area (Å²) in [5, 5.41) is 10.4. The fraction of sp³-hybridized carbons (Fsp3) is 0.185. The summed E-state index contributed by atoms with van der Waals surface area (Å²) in [7, 11) is 0.